The molecule has 0 bridgehead atoms. The van der Waals surface area contributed by atoms with Crippen LogP contribution in [0.4, 0.5) is 5.95 Å². The predicted molar refractivity (Wildman–Crippen MR) is 94.2 cm³/mol. The third kappa shape index (κ3) is 5.01. The average molecular weight is 345 g/mol. The molecule has 1 saturated heterocycles. The Balaban J connectivity index is 1.53. The highest BCUT2D eigenvalue weighted by Gasteiger charge is 2.10. The lowest BCUT2D eigenvalue weighted by molar-refractivity contribution is 0.0398. The number of nitrogens with one attached hydrogen (secondary N) is 2. The number of hydrogen-bond acceptors (Lipinski definition) is 7. The molecule has 1 aliphatic heterocycles. The Hall–Kier alpha value is -2.45. The van der Waals surface area contributed by atoms with Gasteiger partial charge >= 0.3 is 0 Å². The number of hydrogen-bond donors (Lipinski definition) is 2. The van der Waals surface area contributed by atoms with Gasteiger partial charge in [0.25, 0.3) is 5.56 Å². The van der Waals surface area contributed by atoms with E-state index in [4.69, 9.17) is 9.47 Å². The lowest BCUT2D eigenvalue weighted by atomic mass is 10.1. The Bertz CT molecular complexity index is 726. The van der Waals surface area contributed by atoms with Gasteiger partial charge in [-0.3, -0.25) is 14.7 Å². The molecule has 1 aromatic carbocycles. The maximum absolute atomic E-state index is 12.2. The van der Waals surface area contributed by atoms with Crippen molar-refractivity contribution in [2.24, 2.45) is 0 Å². The molecule has 1 aromatic heterocycles. The minimum Gasteiger partial charge on any atom is -0.497 e. The fourth-order valence-corrected chi connectivity index (χ4v) is 2.65. The highest BCUT2D eigenvalue weighted by molar-refractivity contribution is 5.30. The van der Waals surface area contributed by atoms with Crippen LogP contribution in [0.1, 0.15) is 11.3 Å². The number of benzene rings is 1. The molecule has 134 valence electrons. The van der Waals surface area contributed by atoms with Gasteiger partial charge in [0.15, 0.2) is 0 Å². The summed E-state index contributed by atoms with van der Waals surface area (Å²) in [5.74, 6) is 1.18. The molecule has 2 aromatic rings. The molecule has 25 heavy (non-hydrogen) atoms. The summed E-state index contributed by atoms with van der Waals surface area (Å²) in [6.07, 6.45) is 0.431. The van der Waals surface area contributed by atoms with Crippen molar-refractivity contribution in [3.8, 4) is 5.75 Å². The maximum atomic E-state index is 12.2. The Kier molecular flexibility index (Phi) is 5.97. The van der Waals surface area contributed by atoms with Crippen LogP contribution in [-0.2, 0) is 11.2 Å². The standard InChI is InChI=1S/C17H23N5O3/c1-24-14-4-2-13(3-5-14)12-15-16(23)19-17(21-20-15)18-6-7-22-8-10-25-11-9-22/h2-5H,6-12H2,1H3,(H2,18,19,21,23). The zero-order valence-corrected chi connectivity index (χ0v) is 14.3. The Labute approximate surface area is 146 Å². The number of anilines is 1. The number of aromatic nitrogens is 3. The van der Waals surface area contributed by atoms with Crippen LogP contribution >= 0.6 is 0 Å². The molecule has 1 aliphatic rings. The summed E-state index contributed by atoms with van der Waals surface area (Å²) in [6, 6.07) is 7.54. The van der Waals surface area contributed by atoms with Gasteiger partial charge in [-0.15, -0.1) is 10.2 Å². The first-order chi connectivity index (χ1) is 12.2. The van der Waals surface area contributed by atoms with Crippen molar-refractivity contribution in [2.45, 2.75) is 6.42 Å². The van der Waals surface area contributed by atoms with Gasteiger partial charge < -0.3 is 14.8 Å². The van der Waals surface area contributed by atoms with Crippen molar-refractivity contribution < 1.29 is 9.47 Å². The van der Waals surface area contributed by atoms with Crippen molar-refractivity contribution in [1.82, 2.24) is 20.1 Å². The highest BCUT2D eigenvalue weighted by Crippen LogP contribution is 2.12. The van der Waals surface area contributed by atoms with E-state index in [-0.39, 0.29) is 5.56 Å². The summed E-state index contributed by atoms with van der Waals surface area (Å²) in [5.41, 5.74) is 1.15. The van der Waals surface area contributed by atoms with Crippen LogP contribution in [0.3, 0.4) is 0 Å². The molecule has 8 nitrogen and oxygen atoms in total. The predicted octanol–water partition coefficient (Wildman–Crippen LogP) is 0.508. The van der Waals surface area contributed by atoms with Crippen LogP contribution in [0.2, 0.25) is 0 Å². The number of nitrogens with zero attached hydrogens (tertiary/aromatic N) is 3. The van der Waals surface area contributed by atoms with Crippen LogP contribution in [0.25, 0.3) is 0 Å². The molecule has 2 heterocycles. The molecule has 0 saturated carbocycles. The number of morpholine rings is 1. The molecule has 2 N–H and O–H groups in total. The van der Waals surface area contributed by atoms with Crippen LogP contribution < -0.4 is 15.6 Å². The van der Waals surface area contributed by atoms with Gasteiger partial charge in [-0.25, -0.2) is 0 Å². The summed E-state index contributed by atoms with van der Waals surface area (Å²) in [4.78, 5) is 17.2. The summed E-state index contributed by atoms with van der Waals surface area (Å²) >= 11 is 0. The van der Waals surface area contributed by atoms with E-state index in [0.717, 1.165) is 44.2 Å². The number of H-pyrrole nitrogens is 1. The van der Waals surface area contributed by atoms with Crippen LogP contribution in [-0.4, -0.2) is 66.6 Å². The number of methoxy groups -OCH3 is 1. The van der Waals surface area contributed by atoms with Crippen molar-refractivity contribution in [3.05, 3.63) is 45.9 Å². The molecular weight excluding hydrogens is 322 g/mol. The van der Waals surface area contributed by atoms with Gasteiger partial charge in [0.1, 0.15) is 11.4 Å². The summed E-state index contributed by atoms with van der Waals surface area (Å²) in [6.45, 7) is 4.99. The van der Waals surface area contributed by atoms with Gasteiger partial charge in [-0.2, -0.15) is 0 Å². The number of ether oxygens (including phenoxy) is 2. The quantitative estimate of drug-likeness (QED) is 0.755. The zero-order chi connectivity index (χ0) is 17.5. The van der Waals surface area contributed by atoms with E-state index < -0.39 is 0 Å². The molecule has 0 unspecified atom stereocenters. The van der Waals surface area contributed by atoms with Crippen molar-refractivity contribution in [1.29, 1.82) is 0 Å². The fourth-order valence-electron chi connectivity index (χ4n) is 2.65. The molecule has 0 spiro atoms. The van der Waals surface area contributed by atoms with Gasteiger partial charge in [0, 0.05) is 32.6 Å². The molecule has 0 aliphatic carbocycles. The molecule has 8 heteroatoms. The second kappa shape index (κ2) is 8.59. The van der Waals surface area contributed by atoms with Gasteiger partial charge in [0.05, 0.1) is 20.3 Å². The molecule has 0 radical (unpaired) electrons. The first-order valence-electron chi connectivity index (χ1n) is 8.37. The third-order valence-corrected chi connectivity index (χ3v) is 4.12. The molecule has 3 rings (SSSR count). The van der Waals surface area contributed by atoms with Crippen LogP contribution in [0.15, 0.2) is 29.1 Å². The smallest absolute Gasteiger partial charge is 0.274 e. The topological polar surface area (TPSA) is 92.4 Å². The van der Waals surface area contributed by atoms with Gasteiger partial charge in [0.2, 0.25) is 5.95 Å². The first kappa shape index (κ1) is 17.4. The second-order valence-corrected chi connectivity index (χ2v) is 5.86. The van der Waals surface area contributed by atoms with E-state index in [2.05, 4.69) is 25.4 Å². The van der Waals surface area contributed by atoms with E-state index in [1.165, 1.54) is 0 Å². The minimum absolute atomic E-state index is 0.223. The summed E-state index contributed by atoms with van der Waals surface area (Å²) < 4.78 is 10.4. The third-order valence-electron chi connectivity index (χ3n) is 4.12. The van der Waals surface area contributed by atoms with E-state index in [9.17, 15) is 4.79 Å². The number of aromatic amines is 1. The van der Waals surface area contributed by atoms with Gasteiger partial charge in [-0.05, 0) is 17.7 Å². The van der Waals surface area contributed by atoms with E-state index in [1.807, 2.05) is 24.3 Å². The molecule has 0 atom stereocenters. The van der Waals surface area contributed by atoms with E-state index >= 15 is 0 Å². The van der Waals surface area contributed by atoms with Crippen LogP contribution in [0, 0.1) is 0 Å². The first-order valence-corrected chi connectivity index (χ1v) is 8.37. The molecule has 1 fully saturated rings. The Morgan fingerprint density at radius 1 is 1.24 bits per heavy atom. The largest absolute Gasteiger partial charge is 0.497 e. The van der Waals surface area contributed by atoms with E-state index in [0.29, 0.717) is 24.6 Å². The van der Waals surface area contributed by atoms with E-state index in [1.54, 1.807) is 7.11 Å². The minimum atomic E-state index is -0.223. The average Bonchev–Trinajstić information content (AvgIpc) is 2.65. The van der Waals surface area contributed by atoms with Gasteiger partial charge in [-0.1, -0.05) is 12.1 Å². The second-order valence-electron chi connectivity index (χ2n) is 5.86. The Morgan fingerprint density at radius 2 is 2.00 bits per heavy atom. The summed E-state index contributed by atoms with van der Waals surface area (Å²) in [7, 11) is 1.62. The van der Waals surface area contributed by atoms with Crippen molar-refractivity contribution in [2.75, 3.05) is 51.8 Å². The van der Waals surface area contributed by atoms with Crippen LogP contribution in [0.5, 0.6) is 5.75 Å². The lowest BCUT2D eigenvalue weighted by Crippen LogP contribution is -2.39. The fraction of sp³-hybridized carbons (Fsp3) is 0.471. The van der Waals surface area contributed by atoms with Crippen molar-refractivity contribution in [3.63, 3.8) is 0 Å². The van der Waals surface area contributed by atoms with Crippen molar-refractivity contribution >= 4 is 5.95 Å². The lowest BCUT2D eigenvalue weighted by Gasteiger charge is -2.26. The Morgan fingerprint density at radius 3 is 2.68 bits per heavy atom. The zero-order valence-electron chi connectivity index (χ0n) is 14.3. The monoisotopic (exact) mass is 345 g/mol. The highest BCUT2D eigenvalue weighted by atomic mass is 16.5. The summed E-state index contributed by atoms with van der Waals surface area (Å²) in [5, 5.41) is 11.2. The maximum Gasteiger partial charge on any atom is 0.274 e. The molecular formula is C17H23N5O3. The SMILES string of the molecule is COc1ccc(Cc2nnc(NCCN3CCOCC3)[nH]c2=O)cc1. The normalized spacial score (nSPS) is 15.1. The number of rotatable bonds is 7. The molecule has 0 amide bonds.